The van der Waals surface area contributed by atoms with Gasteiger partial charge in [0.1, 0.15) is 0 Å². The van der Waals surface area contributed by atoms with E-state index in [9.17, 15) is 4.79 Å². The largest absolute Gasteiger partial charge is 0.337 e. The topological polar surface area (TPSA) is 86.8 Å². The fraction of sp³-hybridized carbons (Fsp3) is 0.875. The van der Waals surface area contributed by atoms with Gasteiger partial charge in [-0.2, -0.15) is 5.21 Å². The summed E-state index contributed by atoms with van der Waals surface area (Å²) in [6, 6.07) is 0.293. The van der Waals surface area contributed by atoms with E-state index in [1.165, 1.54) is 0 Å². The molecule has 2 rings (SSSR count). The van der Waals surface area contributed by atoms with Gasteiger partial charge in [0.05, 0.1) is 0 Å². The molecule has 0 radical (unpaired) electrons. The van der Waals surface area contributed by atoms with E-state index in [1.54, 1.807) is 0 Å². The molecule has 1 amide bonds. The maximum absolute atomic E-state index is 12.0. The van der Waals surface area contributed by atoms with Gasteiger partial charge in [0.15, 0.2) is 5.82 Å². The van der Waals surface area contributed by atoms with Crippen LogP contribution in [0.5, 0.6) is 0 Å². The summed E-state index contributed by atoms with van der Waals surface area (Å²) in [7, 11) is 0. The number of hydrogen-bond acceptors (Lipinski definition) is 5. The second-order valence-corrected chi connectivity index (χ2v) is 4.32. The molecule has 2 N–H and O–H groups in total. The molecule has 0 bridgehead atoms. The molecule has 0 saturated carbocycles. The van der Waals surface area contributed by atoms with Gasteiger partial charge in [-0.25, -0.2) is 0 Å². The lowest BCUT2D eigenvalue weighted by atomic mass is 10.1. The third-order valence-electron chi connectivity index (χ3n) is 3.00. The van der Waals surface area contributed by atoms with Crippen molar-refractivity contribution in [2.75, 3.05) is 19.6 Å². The Morgan fingerprint density at radius 2 is 1.87 bits per heavy atom. The molecule has 1 fully saturated rings. The molecule has 23 heavy (non-hydrogen) atoms. The first-order valence-corrected chi connectivity index (χ1v) is 9.00. The molecule has 136 valence electrons. The number of tetrazole rings is 1. The number of aryl methyl sites for hydroxylation is 1. The first-order valence-electron chi connectivity index (χ1n) is 9.00. The van der Waals surface area contributed by atoms with Crippen LogP contribution in [0.1, 0.15) is 67.1 Å². The van der Waals surface area contributed by atoms with Gasteiger partial charge in [-0.05, 0) is 13.3 Å². The lowest BCUT2D eigenvalue weighted by molar-refractivity contribution is -0.134. The maximum atomic E-state index is 12.0. The highest BCUT2D eigenvalue weighted by Gasteiger charge is 2.22. The molecule has 7 nitrogen and oxygen atoms in total. The van der Waals surface area contributed by atoms with Crippen LogP contribution >= 0.6 is 0 Å². The van der Waals surface area contributed by atoms with Gasteiger partial charge in [-0.1, -0.05) is 46.8 Å². The van der Waals surface area contributed by atoms with Gasteiger partial charge in [-0.15, -0.1) is 10.2 Å². The number of aromatic amines is 1. The average molecular weight is 329 g/mol. The molecular formula is C16H36N6O. The minimum Gasteiger partial charge on any atom is -0.337 e. The van der Waals surface area contributed by atoms with E-state index in [0.29, 0.717) is 24.7 Å². The van der Waals surface area contributed by atoms with Crippen LogP contribution < -0.4 is 5.32 Å². The second-order valence-electron chi connectivity index (χ2n) is 4.32. The SMILES string of the molecule is CC.CC.CC.CC1CNCCN1C(=O)CCCc1nn[nH]n1. The van der Waals surface area contributed by atoms with Crippen LogP contribution in [-0.2, 0) is 11.2 Å². The van der Waals surface area contributed by atoms with Crippen LogP contribution in [0.3, 0.4) is 0 Å². The van der Waals surface area contributed by atoms with Crippen molar-refractivity contribution >= 4 is 5.91 Å². The van der Waals surface area contributed by atoms with Crippen LogP contribution in [0.15, 0.2) is 0 Å². The molecule has 7 heteroatoms. The van der Waals surface area contributed by atoms with Crippen LogP contribution in [0.2, 0.25) is 0 Å². The first kappa shape index (κ1) is 23.8. The Balaban J connectivity index is 0. The maximum Gasteiger partial charge on any atom is 0.222 e. The van der Waals surface area contributed by atoms with E-state index >= 15 is 0 Å². The van der Waals surface area contributed by atoms with Crippen LogP contribution in [0.25, 0.3) is 0 Å². The molecular weight excluding hydrogens is 292 g/mol. The molecule has 1 aromatic heterocycles. The number of carbonyl (C=O) groups excluding carboxylic acids is 1. The zero-order chi connectivity index (χ0) is 18.1. The van der Waals surface area contributed by atoms with Crippen molar-refractivity contribution in [3.63, 3.8) is 0 Å². The quantitative estimate of drug-likeness (QED) is 0.886. The summed E-state index contributed by atoms with van der Waals surface area (Å²) in [5.74, 6) is 0.897. The van der Waals surface area contributed by atoms with Crippen molar-refractivity contribution in [1.82, 2.24) is 30.8 Å². The zero-order valence-electron chi connectivity index (χ0n) is 16.0. The summed E-state index contributed by atoms with van der Waals surface area (Å²) < 4.78 is 0. The first-order chi connectivity index (χ1) is 11.3. The Morgan fingerprint density at radius 3 is 2.39 bits per heavy atom. The molecule has 1 aliphatic rings. The number of aromatic nitrogens is 4. The summed E-state index contributed by atoms with van der Waals surface area (Å²) in [5.41, 5.74) is 0. The number of nitrogens with one attached hydrogen (secondary N) is 2. The van der Waals surface area contributed by atoms with Gasteiger partial charge in [0.25, 0.3) is 0 Å². The van der Waals surface area contributed by atoms with Crippen molar-refractivity contribution in [3.05, 3.63) is 5.82 Å². The highest BCUT2D eigenvalue weighted by atomic mass is 16.2. The van der Waals surface area contributed by atoms with Crippen LogP contribution in [0, 0.1) is 0 Å². The molecule has 1 aromatic rings. The Morgan fingerprint density at radius 1 is 1.22 bits per heavy atom. The Labute approximate surface area is 141 Å². The van der Waals surface area contributed by atoms with Crippen molar-refractivity contribution in [2.45, 2.75) is 73.8 Å². The number of rotatable bonds is 4. The van der Waals surface area contributed by atoms with Gasteiger partial charge < -0.3 is 10.2 Å². The predicted octanol–water partition coefficient (Wildman–Crippen LogP) is 2.42. The summed E-state index contributed by atoms with van der Waals surface area (Å²) in [6.45, 7) is 16.7. The third kappa shape index (κ3) is 9.99. The highest BCUT2D eigenvalue weighted by Crippen LogP contribution is 2.07. The minimum atomic E-state index is 0.225. The number of H-pyrrole nitrogens is 1. The van der Waals surface area contributed by atoms with E-state index < -0.39 is 0 Å². The van der Waals surface area contributed by atoms with Crippen LogP contribution in [0.4, 0.5) is 0 Å². The molecule has 1 atom stereocenters. The van der Waals surface area contributed by atoms with Gasteiger partial charge in [-0.3, -0.25) is 4.79 Å². The van der Waals surface area contributed by atoms with Gasteiger partial charge in [0, 0.05) is 38.5 Å². The molecule has 1 saturated heterocycles. The summed E-state index contributed by atoms with van der Waals surface area (Å²) in [4.78, 5) is 13.9. The molecule has 1 unspecified atom stereocenters. The van der Waals surface area contributed by atoms with Crippen LogP contribution in [-0.4, -0.2) is 57.1 Å². The second kappa shape index (κ2) is 16.9. The number of amides is 1. The third-order valence-corrected chi connectivity index (χ3v) is 3.00. The highest BCUT2D eigenvalue weighted by molar-refractivity contribution is 5.76. The predicted molar refractivity (Wildman–Crippen MR) is 95.2 cm³/mol. The Bertz CT molecular complexity index is 355. The number of nitrogens with zero attached hydrogens (tertiary/aromatic N) is 4. The van der Waals surface area contributed by atoms with E-state index in [-0.39, 0.29) is 5.91 Å². The molecule has 1 aliphatic heterocycles. The van der Waals surface area contributed by atoms with E-state index in [1.807, 2.05) is 46.4 Å². The minimum absolute atomic E-state index is 0.225. The van der Waals surface area contributed by atoms with E-state index in [4.69, 9.17) is 0 Å². The molecule has 0 spiro atoms. The van der Waals surface area contributed by atoms with E-state index in [2.05, 4.69) is 32.9 Å². The molecule has 2 heterocycles. The standard InChI is InChI=1S/C10H18N6O.3C2H6/c1-8-7-11-5-6-16(8)10(17)4-2-3-9-12-14-15-13-9;3*1-2/h8,11H,2-7H2,1H3,(H,12,13,14,15);3*1-2H3. The van der Waals surface area contributed by atoms with Crippen molar-refractivity contribution in [1.29, 1.82) is 0 Å². The Kier molecular flexibility index (Phi) is 17.4. The van der Waals surface area contributed by atoms with E-state index in [0.717, 1.165) is 26.1 Å². The molecule has 0 aliphatic carbocycles. The number of piperazine rings is 1. The zero-order valence-corrected chi connectivity index (χ0v) is 16.0. The number of hydrogen-bond donors (Lipinski definition) is 2. The number of carbonyl (C=O) groups is 1. The van der Waals surface area contributed by atoms with Crippen molar-refractivity contribution < 1.29 is 4.79 Å². The fourth-order valence-electron chi connectivity index (χ4n) is 2.04. The van der Waals surface area contributed by atoms with Crippen molar-refractivity contribution in [2.24, 2.45) is 0 Å². The lowest BCUT2D eigenvalue weighted by Gasteiger charge is -2.34. The average Bonchev–Trinajstić information content (AvgIpc) is 3.14. The monoisotopic (exact) mass is 328 g/mol. The fourth-order valence-corrected chi connectivity index (χ4v) is 2.04. The smallest absolute Gasteiger partial charge is 0.222 e. The summed E-state index contributed by atoms with van der Waals surface area (Å²) in [5, 5.41) is 16.9. The summed E-state index contributed by atoms with van der Waals surface area (Å²) >= 11 is 0. The normalized spacial score (nSPS) is 16.0. The lowest BCUT2D eigenvalue weighted by Crippen LogP contribution is -2.52. The van der Waals surface area contributed by atoms with Gasteiger partial charge in [0.2, 0.25) is 5.91 Å². The Hall–Kier alpha value is -1.50. The summed E-state index contributed by atoms with van der Waals surface area (Å²) in [6.07, 6.45) is 2.02. The molecule has 0 aromatic carbocycles. The van der Waals surface area contributed by atoms with Gasteiger partial charge >= 0.3 is 0 Å². The van der Waals surface area contributed by atoms with Crippen molar-refractivity contribution in [3.8, 4) is 0 Å².